The lowest BCUT2D eigenvalue weighted by atomic mass is 9.32. The van der Waals surface area contributed by atoms with Crippen LogP contribution >= 0.6 is 0 Å². The lowest BCUT2D eigenvalue weighted by Gasteiger charge is -2.72. The summed E-state index contributed by atoms with van der Waals surface area (Å²) < 4.78 is 0. The Morgan fingerprint density at radius 3 is 2.24 bits per heavy atom. The monoisotopic (exact) mass is 684 g/mol. The number of allylic oxidation sites excluding steroid dienone is 3. The van der Waals surface area contributed by atoms with Crippen LogP contribution in [0.4, 0.5) is 0 Å². The van der Waals surface area contributed by atoms with Crippen LogP contribution in [0.25, 0.3) is 5.57 Å². The summed E-state index contributed by atoms with van der Waals surface area (Å²) in [6.07, 6.45) is 12.8. The Kier molecular flexibility index (Phi) is 9.06. The lowest BCUT2D eigenvalue weighted by molar-refractivity contribution is -0.225. The molecule has 7 rings (SSSR count). The summed E-state index contributed by atoms with van der Waals surface area (Å²) in [6, 6.07) is 7.58. The minimum Gasteiger partial charge on any atom is -0.478 e. The summed E-state index contributed by atoms with van der Waals surface area (Å²) in [4.78, 5) is 31.0. The number of aromatic carboxylic acids is 1. The van der Waals surface area contributed by atoms with Crippen molar-refractivity contribution in [1.82, 2.24) is 15.1 Å². The number of nitrogens with zero attached hydrogens (tertiary/aromatic N) is 2. The first-order valence-electron chi connectivity index (χ1n) is 20.0. The third-order valence-electron chi connectivity index (χ3n) is 16.8. The first-order chi connectivity index (χ1) is 23.6. The highest BCUT2D eigenvalue weighted by molar-refractivity contribution is 5.88. The van der Waals surface area contributed by atoms with Gasteiger partial charge in [-0.05, 0) is 146 Å². The number of piperazine rings is 1. The fourth-order valence-electron chi connectivity index (χ4n) is 14.0. The van der Waals surface area contributed by atoms with Crippen molar-refractivity contribution in [2.45, 2.75) is 99.3 Å². The standard InChI is InChI=1S/C44H65N3O3/c1-29(2)32-15-20-44(39(50)45-23-24-47-27-25-46(8)26-28-47)22-21-42(6)34(37(32)44)13-14-36-41(5)18-16-33(30-9-11-31(12-10-30)38(48)49)40(3,4)35(41)17-19-43(36,42)7/h9-12,16,32,34-37H,1,13-15,17-28H2,2-8H3,(H,45,50)(H,48,49)/t32-,34+,35-,36+,37+,41-,42+,43+,44-/m0/s1. The number of nitrogens with one attached hydrogen (secondary N) is 1. The number of fused-ring (bicyclic) bond motifs is 7. The number of benzene rings is 1. The zero-order chi connectivity index (χ0) is 35.9. The number of rotatable bonds is 7. The fraction of sp³-hybridized carbons (Fsp3) is 0.727. The highest BCUT2D eigenvalue weighted by Gasteiger charge is 2.71. The van der Waals surface area contributed by atoms with E-state index in [9.17, 15) is 14.7 Å². The fourth-order valence-corrected chi connectivity index (χ4v) is 14.0. The Hall–Kier alpha value is -2.44. The second kappa shape index (κ2) is 12.6. The molecule has 2 N–H and O–H groups in total. The molecule has 1 heterocycles. The molecule has 5 aliphatic carbocycles. The van der Waals surface area contributed by atoms with Crippen molar-refractivity contribution in [3.05, 3.63) is 53.6 Å². The maximum absolute atomic E-state index is 14.5. The molecule has 4 saturated carbocycles. The van der Waals surface area contributed by atoms with Crippen LogP contribution < -0.4 is 5.32 Å². The smallest absolute Gasteiger partial charge is 0.335 e. The molecule has 0 spiro atoms. The predicted octanol–water partition coefficient (Wildman–Crippen LogP) is 8.40. The van der Waals surface area contributed by atoms with E-state index in [1.54, 1.807) is 12.1 Å². The van der Waals surface area contributed by atoms with Gasteiger partial charge in [0.05, 0.1) is 11.0 Å². The molecule has 1 aliphatic heterocycles. The van der Waals surface area contributed by atoms with Crippen molar-refractivity contribution in [3.8, 4) is 0 Å². The highest BCUT2D eigenvalue weighted by Crippen LogP contribution is 2.77. The molecule has 6 nitrogen and oxygen atoms in total. The molecule has 274 valence electrons. The second-order valence-corrected chi connectivity index (χ2v) is 19.2. The van der Waals surface area contributed by atoms with Gasteiger partial charge in [0.25, 0.3) is 0 Å². The van der Waals surface area contributed by atoms with Crippen LogP contribution in [0.2, 0.25) is 0 Å². The molecule has 0 bridgehead atoms. The van der Waals surface area contributed by atoms with Gasteiger partial charge < -0.3 is 15.3 Å². The number of hydrogen-bond donors (Lipinski definition) is 2. The normalized spacial score (nSPS) is 41.2. The molecule has 6 aliphatic rings. The van der Waals surface area contributed by atoms with Crippen molar-refractivity contribution in [2.24, 2.45) is 56.7 Å². The van der Waals surface area contributed by atoms with Gasteiger partial charge in [0.2, 0.25) is 5.91 Å². The Bertz CT molecular complexity index is 1540. The predicted molar refractivity (Wildman–Crippen MR) is 203 cm³/mol. The van der Waals surface area contributed by atoms with Crippen molar-refractivity contribution in [2.75, 3.05) is 46.3 Å². The van der Waals surface area contributed by atoms with Gasteiger partial charge in [0, 0.05) is 39.3 Å². The number of likely N-dealkylation sites (N-methyl/N-ethyl adjacent to an activating group) is 1. The van der Waals surface area contributed by atoms with Crippen LogP contribution in [0.15, 0.2) is 42.5 Å². The summed E-state index contributed by atoms with van der Waals surface area (Å²) in [6.45, 7) is 25.8. The second-order valence-electron chi connectivity index (χ2n) is 19.2. The molecule has 1 saturated heterocycles. The van der Waals surface area contributed by atoms with E-state index >= 15 is 0 Å². The SMILES string of the molecule is C=C(C)[C@@H]1CC[C@]2(C(=O)NCCN3CCN(C)CC3)CC[C@]3(C)[C@H](CC[C@@H]4[C@@]5(C)CC=C(c6ccc(C(=O)O)cc6)C(C)(C)[C@@H]5CC[C@]43C)[C@@H]12. The van der Waals surface area contributed by atoms with Crippen molar-refractivity contribution in [1.29, 1.82) is 0 Å². The third-order valence-corrected chi connectivity index (χ3v) is 16.8. The topological polar surface area (TPSA) is 72.9 Å². The van der Waals surface area contributed by atoms with Gasteiger partial charge >= 0.3 is 5.97 Å². The van der Waals surface area contributed by atoms with E-state index in [-0.39, 0.29) is 27.1 Å². The van der Waals surface area contributed by atoms with E-state index in [4.69, 9.17) is 0 Å². The zero-order valence-electron chi connectivity index (χ0n) is 32.2. The minimum absolute atomic E-state index is 0.00273. The molecule has 9 atom stereocenters. The third kappa shape index (κ3) is 5.31. The maximum atomic E-state index is 14.5. The first-order valence-corrected chi connectivity index (χ1v) is 20.0. The molecule has 1 aromatic carbocycles. The van der Waals surface area contributed by atoms with Crippen LogP contribution in [-0.2, 0) is 4.79 Å². The number of amides is 1. The summed E-state index contributed by atoms with van der Waals surface area (Å²) in [7, 11) is 2.20. The van der Waals surface area contributed by atoms with Crippen molar-refractivity contribution >= 4 is 17.4 Å². The van der Waals surface area contributed by atoms with Crippen LogP contribution in [0.3, 0.4) is 0 Å². The summed E-state index contributed by atoms with van der Waals surface area (Å²) in [5.41, 5.74) is 4.54. The van der Waals surface area contributed by atoms with E-state index in [1.165, 1.54) is 42.4 Å². The number of hydrogen-bond acceptors (Lipinski definition) is 4. The van der Waals surface area contributed by atoms with E-state index in [0.29, 0.717) is 41.1 Å². The summed E-state index contributed by atoms with van der Waals surface area (Å²) in [5, 5.41) is 13.0. The largest absolute Gasteiger partial charge is 0.478 e. The van der Waals surface area contributed by atoms with Gasteiger partial charge in [-0.15, -0.1) is 0 Å². The van der Waals surface area contributed by atoms with E-state index < -0.39 is 5.97 Å². The number of carbonyl (C=O) groups excluding carboxylic acids is 1. The van der Waals surface area contributed by atoms with Gasteiger partial charge in [-0.1, -0.05) is 65.0 Å². The average Bonchev–Trinajstić information content (AvgIpc) is 3.47. The quantitative estimate of drug-likeness (QED) is 0.283. The van der Waals surface area contributed by atoms with Gasteiger partial charge in [-0.2, -0.15) is 0 Å². The lowest BCUT2D eigenvalue weighted by Crippen LogP contribution is -2.66. The Morgan fingerprint density at radius 2 is 1.58 bits per heavy atom. The molecular weight excluding hydrogens is 619 g/mol. The van der Waals surface area contributed by atoms with E-state index in [0.717, 1.165) is 71.4 Å². The van der Waals surface area contributed by atoms with Crippen LogP contribution in [-0.4, -0.2) is 73.1 Å². The molecule has 5 fully saturated rings. The molecule has 1 aromatic rings. The molecule has 6 heteroatoms. The average molecular weight is 684 g/mol. The van der Waals surface area contributed by atoms with E-state index in [1.807, 2.05) is 12.1 Å². The van der Waals surface area contributed by atoms with Gasteiger partial charge in [0.15, 0.2) is 0 Å². The van der Waals surface area contributed by atoms with Gasteiger partial charge in [-0.3, -0.25) is 9.69 Å². The summed E-state index contributed by atoms with van der Waals surface area (Å²) >= 11 is 0. The summed E-state index contributed by atoms with van der Waals surface area (Å²) in [5.74, 6) is 2.03. The highest BCUT2D eigenvalue weighted by atomic mass is 16.4. The number of carbonyl (C=O) groups is 2. The minimum atomic E-state index is -0.870. The number of carboxylic acid groups (broad SMARTS) is 1. The molecule has 0 aromatic heterocycles. The molecule has 0 unspecified atom stereocenters. The molecule has 50 heavy (non-hydrogen) atoms. The zero-order valence-corrected chi connectivity index (χ0v) is 32.2. The first kappa shape index (κ1) is 35.9. The van der Waals surface area contributed by atoms with Gasteiger partial charge in [0.1, 0.15) is 0 Å². The van der Waals surface area contributed by atoms with Crippen LogP contribution in [0, 0.1) is 56.7 Å². The van der Waals surface area contributed by atoms with Crippen molar-refractivity contribution in [3.63, 3.8) is 0 Å². The van der Waals surface area contributed by atoms with Crippen LogP contribution in [0.5, 0.6) is 0 Å². The number of carboxylic acids is 1. The maximum Gasteiger partial charge on any atom is 0.335 e. The molecule has 0 radical (unpaired) electrons. The Morgan fingerprint density at radius 1 is 0.880 bits per heavy atom. The Balaban J connectivity index is 1.15. The van der Waals surface area contributed by atoms with Gasteiger partial charge in [-0.25, -0.2) is 4.79 Å². The van der Waals surface area contributed by atoms with Crippen LogP contribution in [0.1, 0.15) is 115 Å². The molecular formula is C44H65N3O3. The molecule has 1 amide bonds. The van der Waals surface area contributed by atoms with E-state index in [2.05, 4.69) is 76.4 Å². The van der Waals surface area contributed by atoms with Crippen molar-refractivity contribution < 1.29 is 14.7 Å². The Labute approximate surface area is 302 Å².